The van der Waals surface area contributed by atoms with E-state index in [2.05, 4.69) is 41.0 Å². The minimum atomic E-state index is -0.474. The summed E-state index contributed by atoms with van der Waals surface area (Å²) < 4.78 is 1.23. The molecule has 0 radical (unpaired) electrons. The second-order valence-electron chi connectivity index (χ2n) is 5.24. The van der Waals surface area contributed by atoms with Crippen LogP contribution in [0.4, 0.5) is 5.69 Å². The lowest BCUT2D eigenvalue weighted by molar-refractivity contribution is 0.158. The van der Waals surface area contributed by atoms with Crippen molar-refractivity contribution in [3.05, 3.63) is 65.0 Å². The van der Waals surface area contributed by atoms with E-state index in [1.54, 1.807) is 11.3 Å². The highest BCUT2D eigenvalue weighted by atomic mass is 32.1. The van der Waals surface area contributed by atoms with Crippen LogP contribution in [0.3, 0.4) is 0 Å². The third-order valence-corrected chi connectivity index (χ3v) is 4.99. The molecule has 2 unspecified atom stereocenters. The van der Waals surface area contributed by atoms with E-state index in [-0.39, 0.29) is 6.04 Å². The molecule has 0 saturated heterocycles. The van der Waals surface area contributed by atoms with Crippen LogP contribution in [0.15, 0.2) is 53.9 Å². The summed E-state index contributed by atoms with van der Waals surface area (Å²) in [7, 11) is 0. The normalized spacial score (nSPS) is 18.8. The van der Waals surface area contributed by atoms with Crippen molar-refractivity contribution in [3.63, 3.8) is 0 Å². The van der Waals surface area contributed by atoms with E-state index in [0.29, 0.717) is 0 Å². The van der Waals surface area contributed by atoms with Crippen LogP contribution in [0.1, 0.15) is 17.2 Å². The fraction of sp³-hybridized carbons (Fsp3) is 0.176. The largest absolute Gasteiger partial charge is 0.386 e. The average molecular weight is 281 g/mol. The Morgan fingerprint density at radius 1 is 1.10 bits per heavy atom. The smallest absolute Gasteiger partial charge is 0.101 e. The van der Waals surface area contributed by atoms with Crippen LogP contribution in [0.5, 0.6) is 0 Å². The van der Waals surface area contributed by atoms with Gasteiger partial charge in [-0.2, -0.15) is 0 Å². The number of aliphatic hydroxyl groups excluding tert-OH is 1. The third-order valence-electron chi connectivity index (χ3n) is 4.01. The Kier molecular flexibility index (Phi) is 2.76. The van der Waals surface area contributed by atoms with Gasteiger partial charge in [-0.3, -0.25) is 0 Å². The molecule has 1 aliphatic heterocycles. The summed E-state index contributed by atoms with van der Waals surface area (Å²) >= 11 is 1.70. The molecule has 1 aromatic heterocycles. The first-order valence-electron chi connectivity index (χ1n) is 6.81. The molecular weight excluding hydrogens is 266 g/mol. The van der Waals surface area contributed by atoms with Gasteiger partial charge in [0.05, 0.1) is 6.04 Å². The molecular formula is C17H15NOS. The zero-order valence-electron chi connectivity index (χ0n) is 10.9. The van der Waals surface area contributed by atoms with Crippen LogP contribution in [0, 0.1) is 0 Å². The predicted octanol–water partition coefficient (Wildman–Crippen LogP) is 3.97. The Hall–Kier alpha value is -1.84. The Morgan fingerprint density at radius 3 is 2.80 bits per heavy atom. The number of hydrogen-bond acceptors (Lipinski definition) is 3. The van der Waals surface area contributed by atoms with Gasteiger partial charge in [0.1, 0.15) is 6.10 Å². The Morgan fingerprint density at radius 2 is 1.90 bits per heavy atom. The maximum absolute atomic E-state index is 10.7. The summed E-state index contributed by atoms with van der Waals surface area (Å²) in [5, 5.41) is 17.4. The van der Waals surface area contributed by atoms with Crippen LogP contribution in [-0.4, -0.2) is 11.1 Å². The first-order valence-corrected chi connectivity index (χ1v) is 7.69. The minimum Gasteiger partial charge on any atom is -0.386 e. The minimum absolute atomic E-state index is 0.0606. The van der Waals surface area contributed by atoms with Gasteiger partial charge in [0.15, 0.2) is 0 Å². The number of hydrogen-bond donors (Lipinski definition) is 2. The molecule has 20 heavy (non-hydrogen) atoms. The van der Waals surface area contributed by atoms with E-state index >= 15 is 0 Å². The number of anilines is 1. The fourth-order valence-corrected chi connectivity index (χ4v) is 3.95. The summed E-state index contributed by atoms with van der Waals surface area (Å²) in [5.41, 5.74) is 3.48. The van der Waals surface area contributed by atoms with Crippen molar-refractivity contribution >= 4 is 27.1 Å². The van der Waals surface area contributed by atoms with Crippen LogP contribution in [0.25, 0.3) is 10.1 Å². The van der Waals surface area contributed by atoms with Crippen LogP contribution >= 0.6 is 11.3 Å². The van der Waals surface area contributed by atoms with Crippen molar-refractivity contribution in [1.82, 2.24) is 0 Å². The summed E-state index contributed by atoms with van der Waals surface area (Å²) in [6.45, 7) is 0. The molecule has 0 saturated carbocycles. The third kappa shape index (κ3) is 1.82. The van der Waals surface area contributed by atoms with E-state index in [1.807, 2.05) is 18.2 Å². The molecule has 4 rings (SSSR count). The first-order chi connectivity index (χ1) is 9.83. The van der Waals surface area contributed by atoms with E-state index in [9.17, 15) is 5.11 Å². The van der Waals surface area contributed by atoms with Crippen molar-refractivity contribution in [1.29, 1.82) is 0 Å². The number of para-hydroxylation sites is 1. The van der Waals surface area contributed by atoms with Crippen molar-refractivity contribution in [2.24, 2.45) is 0 Å². The van der Waals surface area contributed by atoms with Gasteiger partial charge in [0, 0.05) is 16.0 Å². The number of rotatable bonds is 2. The van der Waals surface area contributed by atoms with Crippen molar-refractivity contribution in [2.45, 2.75) is 18.6 Å². The van der Waals surface area contributed by atoms with Gasteiger partial charge >= 0.3 is 0 Å². The molecule has 100 valence electrons. The summed E-state index contributed by atoms with van der Waals surface area (Å²) in [5.74, 6) is 0. The number of benzene rings is 2. The number of fused-ring (bicyclic) bond motifs is 2. The van der Waals surface area contributed by atoms with Crippen molar-refractivity contribution in [3.8, 4) is 0 Å². The molecule has 0 aliphatic carbocycles. The highest BCUT2D eigenvalue weighted by molar-refractivity contribution is 7.17. The average Bonchev–Trinajstić information content (AvgIpc) is 3.10. The standard InChI is InChI=1S/C17H15NOS/c19-17(13-10-20-16-8-4-2-6-12(13)16)15-9-11-5-1-3-7-14(11)18-15/h1-8,10,15,17-19H,9H2. The van der Waals surface area contributed by atoms with Gasteiger partial charge in [-0.25, -0.2) is 0 Å². The van der Waals surface area contributed by atoms with Crippen molar-refractivity contribution < 1.29 is 5.11 Å². The predicted molar refractivity (Wildman–Crippen MR) is 84.3 cm³/mol. The Bertz CT molecular complexity index is 739. The molecule has 2 nitrogen and oxygen atoms in total. The van der Waals surface area contributed by atoms with Gasteiger partial charge in [0.2, 0.25) is 0 Å². The van der Waals surface area contributed by atoms with Crippen LogP contribution in [-0.2, 0) is 6.42 Å². The molecule has 2 aromatic carbocycles. The lowest BCUT2D eigenvalue weighted by Crippen LogP contribution is -2.24. The second kappa shape index (κ2) is 4.62. The Labute approximate surface area is 121 Å². The van der Waals surface area contributed by atoms with Gasteiger partial charge in [-0.1, -0.05) is 36.4 Å². The maximum atomic E-state index is 10.7. The summed E-state index contributed by atoms with van der Waals surface area (Å²) in [4.78, 5) is 0. The number of nitrogens with one attached hydrogen (secondary N) is 1. The fourth-order valence-electron chi connectivity index (χ4n) is 2.96. The maximum Gasteiger partial charge on any atom is 0.101 e. The lowest BCUT2D eigenvalue weighted by atomic mass is 9.99. The zero-order valence-corrected chi connectivity index (χ0v) is 11.7. The van der Waals surface area contributed by atoms with Gasteiger partial charge in [-0.15, -0.1) is 11.3 Å². The molecule has 2 atom stereocenters. The highest BCUT2D eigenvalue weighted by Gasteiger charge is 2.28. The Balaban J connectivity index is 1.67. The van der Waals surface area contributed by atoms with E-state index < -0.39 is 6.10 Å². The second-order valence-corrected chi connectivity index (χ2v) is 6.16. The van der Waals surface area contributed by atoms with E-state index in [1.165, 1.54) is 15.6 Å². The molecule has 1 aliphatic rings. The number of aliphatic hydroxyl groups is 1. The highest BCUT2D eigenvalue weighted by Crippen LogP contribution is 2.36. The van der Waals surface area contributed by atoms with E-state index in [4.69, 9.17) is 0 Å². The SMILES string of the molecule is OC(c1csc2ccccc12)C1Cc2ccccc2N1. The van der Waals surface area contributed by atoms with Crippen LogP contribution in [0.2, 0.25) is 0 Å². The van der Waals surface area contributed by atoms with Gasteiger partial charge < -0.3 is 10.4 Å². The molecule has 3 aromatic rings. The van der Waals surface area contributed by atoms with Crippen LogP contribution < -0.4 is 5.32 Å². The van der Waals surface area contributed by atoms with Crippen molar-refractivity contribution in [2.75, 3.05) is 5.32 Å². The summed E-state index contributed by atoms with van der Waals surface area (Å²) in [6.07, 6.45) is 0.403. The topological polar surface area (TPSA) is 32.3 Å². The molecule has 0 fully saturated rings. The quantitative estimate of drug-likeness (QED) is 0.745. The molecule has 3 heteroatoms. The molecule has 2 N–H and O–H groups in total. The molecule has 2 heterocycles. The molecule has 0 spiro atoms. The van der Waals surface area contributed by atoms with Gasteiger partial charge in [0.25, 0.3) is 0 Å². The first kappa shape index (κ1) is 11.9. The molecule has 0 bridgehead atoms. The molecule has 0 amide bonds. The number of thiophene rings is 1. The van der Waals surface area contributed by atoms with Gasteiger partial charge in [-0.05, 0) is 34.9 Å². The van der Waals surface area contributed by atoms with E-state index in [0.717, 1.165) is 17.7 Å². The zero-order chi connectivity index (χ0) is 13.5. The summed E-state index contributed by atoms with van der Waals surface area (Å²) in [6, 6.07) is 16.6. The lowest BCUT2D eigenvalue weighted by Gasteiger charge is -2.18. The monoisotopic (exact) mass is 281 g/mol.